The molecule has 1 aromatic heterocycles. The first-order valence-electron chi connectivity index (χ1n) is 6.35. The van der Waals surface area contributed by atoms with Gasteiger partial charge in [0.1, 0.15) is 5.76 Å². The first kappa shape index (κ1) is 14.5. The van der Waals surface area contributed by atoms with Crippen LogP contribution in [0.15, 0.2) is 41.0 Å². The van der Waals surface area contributed by atoms with Gasteiger partial charge in [0, 0.05) is 32.0 Å². The van der Waals surface area contributed by atoms with Gasteiger partial charge in [0.15, 0.2) is 0 Å². The summed E-state index contributed by atoms with van der Waals surface area (Å²) in [5.74, 6) is 0.742. The lowest BCUT2D eigenvalue weighted by Gasteiger charge is -2.18. The van der Waals surface area contributed by atoms with E-state index in [0.717, 1.165) is 11.4 Å². The highest BCUT2D eigenvalue weighted by atomic mass is 35.5. The van der Waals surface area contributed by atoms with Crippen LogP contribution in [0.2, 0.25) is 5.02 Å². The molecule has 1 amide bonds. The molecule has 0 spiro atoms. The van der Waals surface area contributed by atoms with Crippen LogP contribution in [0.5, 0.6) is 0 Å². The van der Waals surface area contributed by atoms with E-state index in [1.165, 1.54) is 0 Å². The van der Waals surface area contributed by atoms with E-state index in [2.05, 4.69) is 5.32 Å². The summed E-state index contributed by atoms with van der Waals surface area (Å²) >= 11 is 5.98. The molecule has 0 bridgehead atoms. The molecule has 2 aromatic rings. The van der Waals surface area contributed by atoms with Gasteiger partial charge in [-0.25, -0.2) is 0 Å². The molecule has 0 saturated heterocycles. The van der Waals surface area contributed by atoms with Crippen molar-refractivity contribution in [2.24, 2.45) is 0 Å². The molecule has 1 N–H and O–H groups in total. The predicted octanol–water partition coefficient (Wildman–Crippen LogP) is 3.57. The predicted molar refractivity (Wildman–Crippen MR) is 81.4 cm³/mol. The van der Waals surface area contributed by atoms with Crippen LogP contribution < -0.4 is 10.2 Å². The minimum atomic E-state index is -0.0632. The smallest absolute Gasteiger partial charge is 0.224 e. The number of anilines is 2. The lowest BCUT2D eigenvalue weighted by atomic mass is 10.2. The Bertz CT molecular complexity index is 580. The molecule has 1 aromatic carbocycles. The Morgan fingerprint density at radius 1 is 1.35 bits per heavy atom. The lowest BCUT2D eigenvalue weighted by molar-refractivity contribution is -0.116. The Hall–Kier alpha value is -1.94. The molecular formula is C15H17ClN2O2. The number of hydrogen-bond acceptors (Lipinski definition) is 3. The SMILES string of the molecule is CN(C)c1ccc(Cl)cc1NC(=O)CCc1ccco1. The third kappa shape index (κ3) is 3.78. The number of halogens is 1. The van der Waals surface area contributed by atoms with Crippen molar-refractivity contribution in [2.45, 2.75) is 12.8 Å². The molecule has 0 fully saturated rings. The Balaban J connectivity index is 2.01. The van der Waals surface area contributed by atoms with Gasteiger partial charge in [-0.05, 0) is 30.3 Å². The molecule has 20 heavy (non-hydrogen) atoms. The van der Waals surface area contributed by atoms with Crippen molar-refractivity contribution >= 4 is 28.9 Å². The normalized spacial score (nSPS) is 10.3. The van der Waals surface area contributed by atoms with E-state index in [9.17, 15) is 4.79 Å². The average Bonchev–Trinajstić information content (AvgIpc) is 2.89. The highest BCUT2D eigenvalue weighted by molar-refractivity contribution is 6.31. The maximum Gasteiger partial charge on any atom is 0.224 e. The molecule has 0 aliphatic carbocycles. The first-order valence-corrected chi connectivity index (χ1v) is 6.73. The van der Waals surface area contributed by atoms with Crippen LogP contribution in [0.1, 0.15) is 12.2 Å². The van der Waals surface area contributed by atoms with Crippen molar-refractivity contribution < 1.29 is 9.21 Å². The number of furan rings is 1. The van der Waals surface area contributed by atoms with Gasteiger partial charge in [0.25, 0.3) is 0 Å². The number of nitrogens with zero attached hydrogens (tertiary/aromatic N) is 1. The van der Waals surface area contributed by atoms with E-state index in [0.29, 0.717) is 23.6 Å². The van der Waals surface area contributed by atoms with Crippen molar-refractivity contribution in [1.82, 2.24) is 0 Å². The highest BCUT2D eigenvalue weighted by Gasteiger charge is 2.10. The van der Waals surface area contributed by atoms with Gasteiger partial charge in [-0.3, -0.25) is 4.79 Å². The second-order valence-corrected chi connectivity index (χ2v) is 5.12. The van der Waals surface area contributed by atoms with Crippen molar-refractivity contribution in [3.63, 3.8) is 0 Å². The van der Waals surface area contributed by atoms with Gasteiger partial charge >= 0.3 is 0 Å². The Morgan fingerprint density at radius 2 is 2.15 bits per heavy atom. The quantitative estimate of drug-likeness (QED) is 0.916. The van der Waals surface area contributed by atoms with Crippen LogP contribution in [-0.2, 0) is 11.2 Å². The van der Waals surface area contributed by atoms with Gasteiger partial charge in [-0.2, -0.15) is 0 Å². The van der Waals surface area contributed by atoms with Gasteiger partial charge in [-0.1, -0.05) is 11.6 Å². The summed E-state index contributed by atoms with van der Waals surface area (Å²) in [6.45, 7) is 0. The van der Waals surface area contributed by atoms with E-state index in [1.807, 2.05) is 37.2 Å². The standard InChI is InChI=1S/C15H17ClN2O2/c1-18(2)14-7-5-11(16)10-13(14)17-15(19)8-6-12-4-3-9-20-12/h3-5,7,9-10H,6,8H2,1-2H3,(H,17,19). The van der Waals surface area contributed by atoms with Crippen LogP contribution in [0, 0.1) is 0 Å². The molecule has 0 unspecified atom stereocenters. The maximum atomic E-state index is 12.0. The Kier molecular flexibility index (Phi) is 4.69. The van der Waals surface area contributed by atoms with Crippen LogP contribution in [-0.4, -0.2) is 20.0 Å². The molecule has 1 heterocycles. The van der Waals surface area contributed by atoms with Crippen molar-refractivity contribution in [1.29, 1.82) is 0 Å². The number of nitrogens with one attached hydrogen (secondary N) is 1. The molecule has 0 aliphatic heterocycles. The Labute approximate surface area is 123 Å². The van der Waals surface area contributed by atoms with E-state index in [4.69, 9.17) is 16.0 Å². The fourth-order valence-electron chi connectivity index (χ4n) is 1.90. The fraction of sp³-hybridized carbons (Fsp3) is 0.267. The summed E-state index contributed by atoms with van der Waals surface area (Å²) in [7, 11) is 3.84. The summed E-state index contributed by atoms with van der Waals surface area (Å²) in [5.41, 5.74) is 1.63. The zero-order valence-electron chi connectivity index (χ0n) is 11.5. The zero-order chi connectivity index (χ0) is 14.5. The van der Waals surface area contributed by atoms with Crippen LogP contribution in [0.25, 0.3) is 0 Å². The summed E-state index contributed by atoms with van der Waals surface area (Å²) in [6, 6.07) is 9.10. The third-order valence-corrected chi connectivity index (χ3v) is 3.13. The van der Waals surface area contributed by atoms with Crippen molar-refractivity contribution in [2.75, 3.05) is 24.3 Å². The Morgan fingerprint density at radius 3 is 2.80 bits per heavy atom. The number of benzene rings is 1. The first-order chi connectivity index (χ1) is 9.56. The largest absolute Gasteiger partial charge is 0.469 e. The molecule has 4 nitrogen and oxygen atoms in total. The number of amides is 1. The van der Waals surface area contributed by atoms with E-state index in [-0.39, 0.29) is 5.91 Å². The van der Waals surface area contributed by atoms with Crippen molar-refractivity contribution in [3.8, 4) is 0 Å². The fourth-order valence-corrected chi connectivity index (χ4v) is 2.07. The van der Waals surface area contributed by atoms with E-state index < -0.39 is 0 Å². The number of hydrogen-bond donors (Lipinski definition) is 1. The molecule has 0 saturated carbocycles. The molecule has 0 aliphatic rings. The van der Waals surface area contributed by atoms with Gasteiger partial charge in [0.05, 0.1) is 17.6 Å². The molecule has 106 valence electrons. The monoisotopic (exact) mass is 292 g/mol. The second kappa shape index (κ2) is 6.48. The molecule has 2 rings (SSSR count). The van der Waals surface area contributed by atoms with Gasteiger partial charge in [-0.15, -0.1) is 0 Å². The van der Waals surface area contributed by atoms with Gasteiger partial charge < -0.3 is 14.6 Å². The van der Waals surface area contributed by atoms with Crippen LogP contribution in [0.4, 0.5) is 11.4 Å². The van der Waals surface area contributed by atoms with Gasteiger partial charge in [0.2, 0.25) is 5.91 Å². The van der Waals surface area contributed by atoms with E-state index in [1.54, 1.807) is 18.4 Å². The minimum Gasteiger partial charge on any atom is -0.469 e. The second-order valence-electron chi connectivity index (χ2n) is 4.68. The number of rotatable bonds is 5. The average molecular weight is 293 g/mol. The topological polar surface area (TPSA) is 45.5 Å². The highest BCUT2D eigenvalue weighted by Crippen LogP contribution is 2.27. The molecular weight excluding hydrogens is 276 g/mol. The lowest BCUT2D eigenvalue weighted by Crippen LogP contribution is -2.16. The number of carbonyl (C=O) groups excluding carboxylic acids is 1. The summed E-state index contributed by atoms with van der Waals surface area (Å²) in [6.07, 6.45) is 2.55. The summed E-state index contributed by atoms with van der Waals surface area (Å²) in [5, 5.41) is 3.48. The maximum absolute atomic E-state index is 12.0. The third-order valence-electron chi connectivity index (χ3n) is 2.89. The minimum absolute atomic E-state index is 0.0632. The molecule has 5 heteroatoms. The zero-order valence-corrected chi connectivity index (χ0v) is 12.3. The van der Waals surface area contributed by atoms with Crippen molar-refractivity contribution in [3.05, 3.63) is 47.4 Å². The van der Waals surface area contributed by atoms with E-state index >= 15 is 0 Å². The van der Waals surface area contributed by atoms with Crippen LogP contribution in [0.3, 0.4) is 0 Å². The summed E-state index contributed by atoms with van der Waals surface area (Å²) < 4.78 is 5.21. The molecule has 0 atom stereocenters. The number of aryl methyl sites for hydroxylation is 1. The number of carbonyl (C=O) groups is 1. The summed E-state index contributed by atoms with van der Waals surface area (Å²) in [4.78, 5) is 13.9. The molecule has 0 radical (unpaired) electrons. The van der Waals surface area contributed by atoms with Crippen LogP contribution >= 0.6 is 11.6 Å².